The van der Waals surface area contributed by atoms with Crippen molar-refractivity contribution in [2.24, 2.45) is 0 Å². The van der Waals surface area contributed by atoms with Gasteiger partial charge in [0.05, 0.1) is 17.8 Å². The standard InChI is InChI=1S/C20H23N5O2S/c1-13-10-16(12-28-13)20(27)24-8-5-15(11-24)18-17-4-3-6-22-19(17)25(23-18)9-7-21-14(2)26/h3-4,6,10,12,15H,5,7-9,11H2,1-2H3,(H,21,26). The molecular formula is C20H23N5O2S. The Morgan fingerprint density at radius 2 is 2.25 bits per heavy atom. The van der Waals surface area contributed by atoms with Crippen LogP contribution in [0.5, 0.6) is 0 Å². The van der Waals surface area contributed by atoms with Gasteiger partial charge in [-0.1, -0.05) is 0 Å². The molecule has 0 spiro atoms. The maximum atomic E-state index is 12.8. The van der Waals surface area contributed by atoms with Gasteiger partial charge in [0.15, 0.2) is 5.65 Å². The summed E-state index contributed by atoms with van der Waals surface area (Å²) in [7, 11) is 0. The van der Waals surface area contributed by atoms with Crippen LogP contribution < -0.4 is 5.32 Å². The minimum absolute atomic E-state index is 0.0572. The third-order valence-electron chi connectivity index (χ3n) is 5.07. The molecule has 8 heteroatoms. The fraction of sp³-hybridized carbons (Fsp3) is 0.400. The Bertz CT molecular complexity index is 1020. The monoisotopic (exact) mass is 397 g/mol. The number of nitrogens with zero attached hydrogens (tertiary/aromatic N) is 4. The second kappa shape index (κ2) is 7.71. The highest BCUT2D eigenvalue weighted by Crippen LogP contribution is 2.32. The summed E-state index contributed by atoms with van der Waals surface area (Å²) < 4.78 is 1.85. The molecule has 0 aliphatic carbocycles. The molecule has 4 heterocycles. The van der Waals surface area contributed by atoms with Crippen molar-refractivity contribution in [2.75, 3.05) is 19.6 Å². The molecule has 1 N–H and O–H groups in total. The van der Waals surface area contributed by atoms with E-state index in [1.165, 1.54) is 6.92 Å². The van der Waals surface area contributed by atoms with Gasteiger partial charge in [-0.3, -0.25) is 9.59 Å². The van der Waals surface area contributed by atoms with E-state index in [-0.39, 0.29) is 17.7 Å². The Morgan fingerprint density at radius 1 is 1.39 bits per heavy atom. The third kappa shape index (κ3) is 3.64. The van der Waals surface area contributed by atoms with Crippen LogP contribution in [0.15, 0.2) is 29.8 Å². The van der Waals surface area contributed by atoms with E-state index in [1.54, 1.807) is 17.5 Å². The average molecular weight is 398 g/mol. The molecule has 0 radical (unpaired) electrons. The van der Waals surface area contributed by atoms with Gasteiger partial charge >= 0.3 is 0 Å². The first-order valence-corrected chi connectivity index (χ1v) is 10.3. The molecule has 28 heavy (non-hydrogen) atoms. The molecule has 3 aromatic rings. The minimum Gasteiger partial charge on any atom is -0.354 e. The second-order valence-electron chi connectivity index (χ2n) is 7.15. The Kier molecular flexibility index (Phi) is 5.13. The van der Waals surface area contributed by atoms with Crippen LogP contribution in [0.3, 0.4) is 0 Å². The number of thiophene rings is 1. The van der Waals surface area contributed by atoms with Crippen LogP contribution in [0.2, 0.25) is 0 Å². The molecule has 146 valence electrons. The Morgan fingerprint density at radius 3 is 3.00 bits per heavy atom. The van der Waals surface area contributed by atoms with Gasteiger partial charge in [-0.15, -0.1) is 11.3 Å². The Labute approximate surface area is 167 Å². The van der Waals surface area contributed by atoms with Crippen molar-refractivity contribution in [1.29, 1.82) is 0 Å². The van der Waals surface area contributed by atoms with Crippen molar-refractivity contribution in [1.82, 2.24) is 25.0 Å². The van der Waals surface area contributed by atoms with E-state index in [0.29, 0.717) is 19.6 Å². The first kappa shape index (κ1) is 18.6. The number of carbonyl (C=O) groups is 2. The Balaban J connectivity index is 1.54. The number of carbonyl (C=O) groups excluding carboxylic acids is 2. The van der Waals surface area contributed by atoms with E-state index >= 15 is 0 Å². The molecule has 4 rings (SSSR count). The highest BCUT2D eigenvalue weighted by molar-refractivity contribution is 7.10. The largest absolute Gasteiger partial charge is 0.354 e. The lowest BCUT2D eigenvalue weighted by Crippen LogP contribution is -2.28. The number of likely N-dealkylation sites (tertiary alicyclic amines) is 1. The number of hydrogen-bond acceptors (Lipinski definition) is 5. The van der Waals surface area contributed by atoms with E-state index in [4.69, 9.17) is 5.10 Å². The van der Waals surface area contributed by atoms with Gasteiger partial charge in [-0.2, -0.15) is 5.10 Å². The number of amides is 2. The van der Waals surface area contributed by atoms with Crippen LogP contribution in [0, 0.1) is 6.92 Å². The molecule has 1 saturated heterocycles. The molecule has 7 nitrogen and oxygen atoms in total. The summed E-state index contributed by atoms with van der Waals surface area (Å²) in [6.07, 6.45) is 2.65. The van der Waals surface area contributed by atoms with Crippen LogP contribution in [0.4, 0.5) is 0 Å². The van der Waals surface area contributed by atoms with Crippen LogP contribution in [-0.2, 0) is 11.3 Å². The smallest absolute Gasteiger partial charge is 0.254 e. The molecular weight excluding hydrogens is 374 g/mol. The van der Waals surface area contributed by atoms with Gasteiger partial charge in [-0.05, 0) is 31.5 Å². The Hall–Kier alpha value is -2.74. The number of hydrogen-bond donors (Lipinski definition) is 1. The second-order valence-corrected chi connectivity index (χ2v) is 8.26. The SMILES string of the molecule is CC(=O)NCCn1nc(C2CCN(C(=O)c3csc(C)c3)C2)c2cccnc21. The fourth-order valence-corrected chi connectivity index (χ4v) is 4.41. The number of fused-ring (bicyclic) bond motifs is 1. The number of nitrogens with one attached hydrogen (secondary N) is 1. The molecule has 1 aliphatic rings. The predicted octanol–water partition coefficient (Wildman–Crippen LogP) is 2.57. The molecule has 1 aliphatic heterocycles. The normalized spacial score (nSPS) is 16.6. The van der Waals surface area contributed by atoms with Crippen molar-refractivity contribution in [3.05, 3.63) is 45.9 Å². The summed E-state index contributed by atoms with van der Waals surface area (Å²) >= 11 is 1.60. The molecule has 0 saturated carbocycles. The number of aryl methyl sites for hydroxylation is 1. The quantitative estimate of drug-likeness (QED) is 0.718. The van der Waals surface area contributed by atoms with Crippen molar-refractivity contribution in [3.63, 3.8) is 0 Å². The lowest BCUT2D eigenvalue weighted by molar-refractivity contribution is -0.118. The van der Waals surface area contributed by atoms with Gasteiger partial charge < -0.3 is 10.2 Å². The third-order valence-corrected chi connectivity index (χ3v) is 5.93. The molecule has 0 bridgehead atoms. The van der Waals surface area contributed by atoms with Crippen molar-refractivity contribution < 1.29 is 9.59 Å². The zero-order valence-electron chi connectivity index (χ0n) is 16.0. The minimum atomic E-state index is -0.0572. The van der Waals surface area contributed by atoms with Gasteiger partial charge in [0.25, 0.3) is 5.91 Å². The average Bonchev–Trinajstić information content (AvgIpc) is 3.39. The highest BCUT2D eigenvalue weighted by atomic mass is 32.1. The highest BCUT2D eigenvalue weighted by Gasteiger charge is 2.31. The zero-order valence-corrected chi connectivity index (χ0v) is 16.8. The van der Waals surface area contributed by atoms with Crippen molar-refractivity contribution in [3.8, 4) is 0 Å². The van der Waals surface area contributed by atoms with E-state index in [0.717, 1.165) is 40.1 Å². The molecule has 1 atom stereocenters. The summed E-state index contributed by atoms with van der Waals surface area (Å²) in [6, 6.07) is 5.90. The van der Waals surface area contributed by atoms with Crippen LogP contribution in [0.1, 0.15) is 40.2 Å². The van der Waals surface area contributed by atoms with Gasteiger partial charge in [-0.25, -0.2) is 9.67 Å². The summed E-state index contributed by atoms with van der Waals surface area (Å²) in [6.45, 7) is 6.00. The van der Waals surface area contributed by atoms with Gasteiger partial charge in [0.2, 0.25) is 5.91 Å². The fourth-order valence-electron chi connectivity index (χ4n) is 3.74. The number of rotatable bonds is 5. The van der Waals surface area contributed by atoms with E-state index < -0.39 is 0 Å². The van der Waals surface area contributed by atoms with Crippen LogP contribution in [-0.4, -0.2) is 51.1 Å². The van der Waals surface area contributed by atoms with Gasteiger partial charge in [0, 0.05) is 54.3 Å². The first-order valence-electron chi connectivity index (χ1n) is 9.43. The number of aromatic nitrogens is 3. The molecule has 1 fully saturated rings. The van der Waals surface area contributed by atoms with E-state index in [2.05, 4.69) is 10.3 Å². The van der Waals surface area contributed by atoms with Crippen molar-refractivity contribution >= 4 is 34.2 Å². The maximum Gasteiger partial charge on any atom is 0.254 e. The molecule has 2 amide bonds. The maximum absolute atomic E-state index is 12.8. The van der Waals surface area contributed by atoms with Gasteiger partial charge in [0.1, 0.15) is 0 Å². The molecule has 1 unspecified atom stereocenters. The van der Waals surface area contributed by atoms with E-state index in [1.807, 2.05) is 40.1 Å². The lowest BCUT2D eigenvalue weighted by atomic mass is 10.0. The number of pyridine rings is 1. The van der Waals surface area contributed by atoms with Crippen molar-refractivity contribution in [2.45, 2.75) is 32.7 Å². The molecule has 0 aromatic carbocycles. The van der Waals surface area contributed by atoms with Crippen LogP contribution >= 0.6 is 11.3 Å². The summed E-state index contributed by atoms with van der Waals surface area (Å²) in [4.78, 5) is 31.5. The zero-order chi connectivity index (χ0) is 19.7. The first-order chi connectivity index (χ1) is 13.5. The lowest BCUT2D eigenvalue weighted by Gasteiger charge is -2.15. The summed E-state index contributed by atoms with van der Waals surface area (Å²) in [5.74, 6) is 0.232. The van der Waals surface area contributed by atoms with Crippen LogP contribution in [0.25, 0.3) is 11.0 Å². The predicted molar refractivity (Wildman–Crippen MR) is 109 cm³/mol. The summed E-state index contributed by atoms with van der Waals surface area (Å²) in [5, 5.41) is 10.6. The summed E-state index contributed by atoms with van der Waals surface area (Å²) in [5.41, 5.74) is 2.58. The molecule has 3 aromatic heterocycles. The topological polar surface area (TPSA) is 80.1 Å². The van der Waals surface area contributed by atoms with E-state index in [9.17, 15) is 9.59 Å².